The topological polar surface area (TPSA) is 52.6 Å². The first kappa shape index (κ1) is 19.0. The van der Waals surface area contributed by atoms with E-state index in [9.17, 15) is 13.2 Å². The molecule has 2 N–H and O–H groups in total. The fraction of sp³-hybridized carbons (Fsp3) is 0.375. The number of hydrogen-bond donors (Lipinski definition) is 2. The summed E-state index contributed by atoms with van der Waals surface area (Å²) in [6.07, 6.45) is -4.41. The molecule has 0 aliphatic rings. The maximum absolute atomic E-state index is 12.5. The van der Waals surface area contributed by atoms with E-state index in [2.05, 4.69) is 20.6 Å². The lowest BCUT2D eigenvalue weighted by molar-refractivity contribution is -0.140. The lowest BCUT2D eigenvalue weighted by Gasteiger charge is -2.14. The first-order valence-corrected chi connectivity index (χ1v) is 8.40. The minimum atomic E-state index is -4.41. The largest absolute Gasteiger partial charge is 0.434 e. The number of aromatic nitrogens is 1. The van der Waals surface area contributed by atoms with Gasteiger partial charge in [-0.3, -0.25) is 4.99 Å². The molecular formula is C16H20F3N5S. The molecule has 0 unspecified atom stereocenters. The third-order valence-corrected chi connectivity index (χ3v) is 4.23. The van der Waals surface area contributed by atoms with Gasteiger partial charge in [-0.2, -0.15) is 13.2 Å². The van der Waals surface area contributed by atoms with Crippen LogP contribution in [0.5, 0.6) is 0 Å². The number of halogens is 3. The molecule has 0 spiro atoms. The van der Waals surface area contributed by atoms with Crippen LogP contribution >= 0.6 is 11.3 Å². The minimum Gasteiger partial charge on any atom is -0.378 e. The molecule has 1 aromatic heterocycles. The van der Waals surface area contributed by atoms with Crippen LogP contribution in [0.2, 0.25) is 0 Å². The number of benzene rings is 1. The van der Waals surface area contributed by atoms with Crippen LogP contribution < -0.4 is 15.5 Å². The average molecular weight is 371 g/mol. The summed E-state index contributed by atoms with van der Waals surface area (Å²) >= 11 is 0.967. The molecule has 0 fully saturated rings. The van der Waals surface area contributed by atoms with E-state index < -0.39 is 11.9 Å². The van der Waals surface area contributed by atoms with E-state index in [-0.39, 0.29) is 6.54 Å². The summed E-state index contributed by atoms with van der Waals surface area (Å²) in [5, 5.41) is 7.45. The smallest absolute Gasteiger partial charge is 0.378 e. The normalized spacial score (nSPS) is 12.2. The van der Waals surface area contributed by atoms with E-state index in [1.54, 1.807) is 7.05 Å². The molecule has 2 rings (SSSR count). The Labute approximate surface area is 148 Å². The summed E-state index contributed by atoms with van der Waals surface area (Å²) in [7, 11) is 5.55. The van der Waals surface area contributed by atoms with Crippen LogP contribution in [-0.4, -0.2) is 32.1 Å². The highest BCUT2D eigenvalue weighted by atomic mass is 32.1. The van der Waals surface area contributed by atoms with Crippen molar-refractivity contribution >= 4 is 23.0 Å². The van der Waals surface area contributed by atoms with Gasteiger partial charge in [-0.05, 0) is 17.7 Å². The third-order valence-electron chi connectivity index (χ3n) is 3.39. The number of nitrogens with one attached hydrogen (secondary N) is 2. The summed E-state index contributed by atoms with van der Waals surface area (Å²) in [6.45, 7) is 0.735. The van der Waals surface area contributed by atoms with E-state index in [1.807, 2.05) is 43.3 Å². The molecule has 0 radical (unpaired) electrons. The number of aliphatic imine (C=N–C) groups is 1. The second kappa shape index (κ2) is 8.19. The second-order valence-corrected chi connectivity index (χ2v) is 6.41. The lowest BCUT2D eigenvalue weighted by Crippen LogP contribution is -2.36. The molecule has 1 heterocycles. The monoisotopic (exact) mass is 371 g/mol. The van der Waals surface area contributed by atoms with Gasteiger partial charge in [0, 0.05) is 38.8 Å². The first-order chi connectivity index (χ1) is 11.8. The number of guanidine groups is 1. The van der Waals surface area contributed by atoms with Crippen molar-refractivity contribution in [1.82, 2.24) is 15.6 Å². The number of hydrogen-bond acceptors (Lipinski definition) is 4. The number of thiazole rings is 1. The maximum Gasteiger partial charge on any atom is 0.434 e. The van der Waals surface area contributed by atoms with Crippen molar-refractivity contribution in [3.63, 3.8) is 0 Å². The SMILES string of the molecule is CN=C(NCc1ccc(N(C)C)cc1)NCc1nc(C(F)(F)F)cs1. The first-order valence-electron chi connectivity index (χ1n) is 7.52. The quantitative estimate of drug-likeness (QED) is 0.627. The Kier molecular flexibility index (Phi) is 6.24. The van der Waals surface area contributed by atoms with Gasteiger partial charge < -0.3 is 15.5 Å². The van der Waals surface area contributed by atoms with Crippen LogP contribution in [0.3, 0.4) is 0 Å². The molecule has 2 aromatic rings. The Morgan fingerprint density at radius 1 is 1.16 bits per heavy atom. The van der Waals surface area contributed by atoms with Gasteiger partial charge >= 0.3 is 6.18 Å². The zero-order valence-electron chi connectivity index (χ0n) is 14.2. The van der Waals surface area contributed by atoms with E-state index in [0.717, 1.165) is 28.0 Å². The minimum absolute atomic E-state index is 0.181. The molecule has 0 atom stereocenters. The molecule has 0 amide bonds. The predicted molar refractivity (Wildman–Crippen MR) is 94.9 cm³/mol. The molecule has 1 aromatic carbocycles. The summed E-state index contributed by atoms with van der Waals surface area (Å²) in [6, 6.07) is 8.04. The number of alkyl halides is 3. The Hall–Kier alpha value is -2.29. The summed E-state index contributed by atoms with van der Waals surface area (Å²) in [4.78, 5) is 9.65. The number of rotatable bonds is 5. The summed E-state index contributed by atoms with van der Waals surface area (Å²) in [5.74, 6) is 0.500. The van der Waals surface area contributed by atoms with Crippen molar-refractivity contribution in [2.75, 3.05) is 26.0 Å². The highest BCUT2D eigenvalue weighted by Gasteiger charge is 2.33. The maximum atomic E-state index is 12.5. The number of anilines is 1. The Bertz CT molecular complexity index is 707. The fourth-order valence-corrected chi connectivity index (χ4v) is 2.74. The molecule has 0 aliphatic heterocycles. The van der Waals surface area contributed by atoms with Gasteiger partial charge in [-0.15, -0.1) is 11.3 Å². The van der Waals surface area contributed by atoms with Gasteiger partial charge in [-0.1, -0.05) is 12.1 Å². The Balaban J connectivity index is 1.85. The standard InChI is InChI=1S/C16H20F3N5S/c1-20-15(21-8-11-4-6-12(7-5-11)24(2)3)22-9-14-23-13(10-25-14)16(17,18)19/h4-7,10H,8-9H2,1-3H3,(H2,20,21,22). The zero-order chi connectivity index (χ0) is 18.4. The van der Waals surface area contributed by atoms with Crippen LogP contribution in [0, 0.1) is 0 Å². The van der Waals surface area contributed by atoms with Gasteiger partial charge in [0.1, 0.15) is 5.01 Å². The average Bonchev–Trinajstić information content (AvgIpc) is 3.04. The van der Waals surface area contributed by atoms with E-state index in [1.165, 1.54) is 0 Å². The van der Waals surface area contributed by atoms with Gasteiger partial charge in [-0.25, -0.2) is 4.98 Å². The van der Waals surface area contributed by atoms with Crippen molar-refractivity contribution < 1.29 is 13.2 Å². The van der Waals surface area contributed by atoms with Crippen molar-refractivity contribution in [3.05, 3.63) is 45.9 Å². The lowest BCUT2D eigenvalue weighted by atomic mass is 10.2. The van der Waals surface area contributed by atoms with E-state index in [4.69, 9.17) is 0 Å². The molecule has 0 bridgehead atoms. The van der Waals surface area contributed by atoms with Crippen LogP contribution in [-0.2, 0) is 19.3 Å². The molecule has 136 valence electrons. The highest BCUT2D eigenvalue weighted by Crippen LogP contribution is 2.29. The zero-order valence-corrected chi connectivity index (χ0v) is 15.0. The van der Waals surface area contributed by atoms with E-state index >= 15 is 0 Å². The van der Waals surface area contributed by atoms with Gasteiger partial charge in [0.25, 0.3) is 0 Å². The molecule has 0 saturated heterocycles. The molecule has 0 aliphatic carbocycles. The van der Waals surface area contributed by atoms with Crippen molar-refractivity contribution in [2.24, 2.45) is 4.99 Å². The van der Waals surface area contributed by atoms with Crippen LogP contribution in [0.4, 0.5) is 18.9 Å². The molecule has 25 heavy (non-hydrogen) atoms. The van der Waals surface area contributed by atoms with Crippen molar-refractivity contribution in [3.8, 4) is 0 Å². The summed E-state index contributed by atoms with van der Waals surface area (Å²) in [5.41, 5.74) is 1.32. The summed E-state index contributed by atoms with van der Waals surface area (Å²) < 4.78 is 37.6. The Morgan fingerprint density at radius 2 is 1.80 bits per heavy atom. The van der Waals surface area contributed by atoms with Gasteiger partial charge in [0.15, 0.2) is 11.7 Å². The van der Waals surface area contributed by atoms with E-state index in [0.29, 0.717) is 17.5 Å². The molecule has 5 nitrogen and oxygen atoms in total. The van der Waals surface area contributed by atoms with Crippen LogP contribution in [0.15, 0.2) is 34.6 Å². The fourth-order valence-electron chi connectivity index (χ4n) is 2.00. The predicted octanol–water partition coefficient (Wildman–Crippen LogP) is 3.09. The van der Waals surface area contributed by atoms with Crippen LogP contribution in [0.25, 0.3) is 0 Å². The molecular weight excluding hydrogens is 351 g/mol. The van der Waals surface area contributed by atoms with Crippen LogP contribution in [0.1, 0.15) is 16.3 Å². The van der Waals surface area contributed by atoms with Crippen molar-refractivity contribution in [2.45, 2.75) is 19.3 Å². The third kappa shape index (κ3) is 5.63. The van der Waals surface area contributed by atoms with Gasteiger partial charge in [0.2, 0.25) is 0 Å². The molecule has 9 heteroatoms. The van der Waals surface area contributed by atoms with Gasteiger partial charge in [0.05, 0.1) is 6.54 Å². The Morgan fingerprint density at radius 3 is 2.32 bits per heavy atom. The second-order valence-electron chi connectivity index (χ2n) is 5.46. The molecule has 0 saturated carbocycles. The highest BCUT2D eigenvalue weighted by molar-refractivity contribution is 7.09. The number of nitrogens with zero attached hydrogens (tertiary/aromatic N) is 3. The van der Waals surface area contributed by atoms with Crippen molar-refractivity contribution in [1.29, 1.82) is 0 Å².